The summed E-state index contributed by atoms with van der Waals surface area (Å²) in [5.41, 5.74) is -2.34. The van der Waals surface area contributed by atoms with Gasteiger partial charge in [-0.3, -0.25) is 0 Å². The van der Waals surface area contributed by atoms with E-state index in [0.717, 1.165) is 7.11 Å². The number of hydrogen-bond acceptors (Lipinski definition) is 4. The van der Waals surface area contributed by atoms with Gasteiger partial charge in [0.2, 0.25) is 0 Å². The highest BCUT2D eigenvalue weighted by atomic mass is 19.4. The molecule has 108 valence electrons. The summed E-state index contributed by atoms with van der Waals surface area (Å²) in [6.45, 7) is -0.985. The molecule has 0 atom stereocenters. The van der Waals surface area contributed by atoms with E-state index < -0.39 is 42.0 Å². The van der Waals surface area contributed by atoms with Crippen molar-refractivity contribution in [2.75, 3.05) is 7.11 Å². The first-order valence-electron chi connectivity index (χ1n) is 4.60. The number of hydrogen-bond donors (Lipinski definition) is 1. The summed E-state index contributed by atoms with van der Waals surface area (Å²) >= 11 is 0. The summed E-state index contributed by atoms with van der Waals surface area (Å²) in [6, 6.07) is 0.515. The van der Waals surface area contributed by atoms with E-state index >= 15 is 0 Å². The molecule has 10 heteroatoms. The number of aliphatic hydroxyl groups excluding tert-OH is 1. The first kappa shape index (κ1) is 15.3. The highest BCUT2D eigenvalue weighted by molar-refractivity contribution is 5.46. The third-order valence-electron chi connectivity index (χ3n) is 1.85. The fourth-order valence-electron chi connectivity index (χ4n) is 1.23. The van der Waals surface area contributed by atoms with Crippen LogP contribution in [0.5, 0.6) is 11.5 Å². The van der Waals surface area contributed by atoms with Crippen molar-refractivity contribution >= 4 is 0 Å². The van der Waals surface area contributed by atoms with Crippen LogP contribution in [0.3, 0.4) is 0 Å². The van der Waals surface area contributed by atoms with E-state index in [1.165, 1.54) is 0 Å². The van der Waals surface area contributed by atoms with E-state index in [9.17, 15) is 26.3 Å². The number of alkyl halides is 6. The zero-order valence-corrected chi connectivity index (χ0v) is 9.26. The standard InChI is InChI=1S/C9H7F6NO3/c1-18-6-5(19-9(13,14)15)2-4(3-17)16-7(6)8(10,11)12/h2,17H,3H2,1H3. The minimum atomic E-state index is -5.20. The Morgan fingerprint density at radius 2 is 1.79 bits per heavy atom. The maximum Gasteiger partial charge on any atom is 0.573 e. The maximum absolute atomic E-state index is 12.6. The molecular weight excluding hydrogens is 284 g/mol. The largest absolute Gasteiger partial charge is 0.573 e. The van der Waals surface area contributed by atoms with Gasteiger partial charge >= 0.3 is 12.5 Å². The summed E-state index contributed by atoms with van der Waals surface area (Å²) in [7, 11) is 0.744. The molecule has 1 aromatic rings. The van der Waals surface area contributed by atoms with Crippen molar-refractivity contribution in [2.24, 2.45) is 0 Å². The summed E-state index contributed by atoms with van der Waals surface area (Å²) in [5.74, 6) is -2.43. The molecule has 1 heterocycles. The van der Waals surface area contributed by atoms with Gasteiger partial charge in [-0.05, 0) is 0 Å². The Labute approximate surface area is 102 Å². The number of ether oxygens (including phenoxy) is 2. The number of nitrogens with zero attached hydrogens (tertiary/aromatic N) is 1. The van der Waals surface area contributed by atoms with Crippen LogP contribution >= 0.6 is 0 Å². The molecular formula is C9H7F6NO3. The van der Waals surface area contributed by atoms with Gasteiger partial charge < -0.3 is 14.6 Å². The smallest absolute Gasteiger partial charge is 0.491 e. The van der Waals surface area contributed by atoms with Crippen molar-refractivity contribution in [2.45, 2.75) is 19.1 Å². The summed E-state index contributed by atoms with van der Waals surface area (Å²) in [4.78, 5) is 2.98. The van der Waals surface area contributed by atoms with Crippen LogP contribution < -0.4 is 9.47 Å². The second-order valence-electron chi connectivity index (χ2n) is 3.20. The third kappa shape index (κ3) is 3.88. The van der Waals surface area contributed by atoms with E-state index in [0.29, 0.717) is 6.07 Å². The van der Waals surface area contributed by atoms with Crippen molar-refractivity contribution in [3.8, 4) is 11.5 Å². The van der Waals surface area contributed by atoms with Gasteiger partial charge in [0.1, 0.15) is 0 Å². The van der Waals surface area contributed by atoms with Crippen LogP contribution in [0.4, 0.5) is 26.3 Å². The Kier molecular flexibility index (Phi) is 4.13. The Bertz CT molecular complexity index is 456. The summed E-state index contributed by atoms with van der Waals surface area (Å²) in [6.07, 6.45) is -10.3. The zero-order valence-electron chi connectivity index (χ0n) is 9.26. The minimum absolute atomic E-state index is 0.515. The number of pyridine rings is 1. The van der Waals surface area contributed by atoms with Crippen molar-refractivity contribution < 1.29 is 40.9 Å². The molecule has 0 amide bonds. The molecule has 0 fully saturated rings. The summed E-state index contributed by atoms with van der Waals surface area (Å²) < 4.78 is 81.7. The molecule has 1 aromatic heterocycles. The monoisotopic (exact) mass is 291 g/mol. The van der Waals surface area contributed by atoms with Crippen LogP contribution in [0.2, 0.25) is 0 Å². The Morgan fingerprint density at radius 1 is 1.21 bits per heavy atom. The summed E-state index contributed by atoms with van der Waals surface area (Å²) in [5, 5.41) is 8.71. The number of halogens is 6. The molecule has 0 saturated heterocycles. The first-order chi connectivity index (χ1) is 8.58. The van der Waals surface area contributed by atoms with Crippen LogP contribution in [0, 0.1) is 0 Å². The lowest BCUT2D eigenvalue weighted by molar-refractivity contribution is -0.275. The quantitative estimate of drug-likeness (QED) is 0.869. The van der Waals surface area contributed by atoms with Crippen LogP contribution in [-0.2, 0) is 12.8 Å². The molecule has 1 N–H and O–H groups in total. The Hall–Kier alpha value is -1.71. The van der Waals surface area contributed by atoms with Crippen molar-refractivity contribution in [3.63, 3.8) is 0 Å². The maximum atomic E-state index is 12.6. The Balaban J connectivity index is 3.44. The minimum Gasteiger partial charge on any atom is -0.491 e. The fraction of sp³-hybridized carbons (Fsp3) is 0.444. The van der Waals surface area contributed by atoms with Crippen LogP contribution in [0.15, 0.2) is 6.07 Å². The Morgan fingerprint density at radius 3 is 2.16 bits per heavy atom. The average molecular weight is 291 g/mol. The van der Waals surface area contributed by atoms with Gasteiger partial charge in [0.15, 0.2) is 17.2 Å². The highest BCUT2D eigenvalue weighted by Gasteiger charge is 2.41. The van der Waals surface area contributed by atoms with Gasteiger partial charge in [-0.25, -0.2) is 4.98 Å². The molecule has 1 rings (SSSR count). The van der Waals surface area contributed by atoms with Crippen LogP contribution in [-0.4, -0.2) is 23.6 Å². The molecule has 0 aliphatic carbocycles. The van der Waals surface area contributed by atoms with Gasteiger partial charge in [-0.2, -0.15) is 13.2 Å². The van der Waals surface area contributed by atoms with Gasteiger partial charge in [-0.15, -0.1) is 13.2 Å². The second-order valence-corrected chi connectivity index (χ2v) is 3.20. The lowest BCUT2D eigenvalue weighted by Gasteiger charge is -2.17. The molecule has 0 unspecified atom stereocenters. The molecule has 0 bridgehead atoms. The SMILES string of the molecule is COc1c(OC(F)(F)F)cc(CO)nc1C(F)(F)F. The van der Waals surface area contributed by atoms with Gasteiger partial charge in [0.25, 0.3) is 0 Å². The van der Waals surface area contributed by atoms with Crippen molar-refractivity contribution in [3.05, 3.63) is 17.5 Å². The molecule has 0 aliphatic rings. The number of rotatable bonds is 3. The predicted octanol–water partition coefficient (Wildman–Crippen LogP) is 2.50. The molecule has 0 radical (unpaired) electrons. The third-order valence-corrected chi connectivity index (χ3v) is 1.85. The van der Waals surface area contributed by atoms with Crippen molar-refractivity contribution in [1.29, 1.82) is 0 Å². The second kappa shape index (κ2) is 5.11. The first-order valence-corrected chi connectivity index (χ1v) is 4.60. The van der Waals surface area contributed by atoms with Crippen molar-refractivity contribution in [1.82, 2.24) is 4.98 Å². The number of aromatic nitrogens is 1. The number of methoxy groups -OCH3 is 1. The predicted molar refractivity (Wildman–Crippen MR) is 48.4 cm³/mol. The van der Waals surface area contributed by atoms with E-state index in [4.69, 9.17) is 5.11 Å². The van der Waals surface area contributed by atoms with E-state index in [-0.39, 0.29) is 0 Å². The van der Waals surface area contributed by atoms with E-state index in [1.54, 1.807) is 0 Å². The van der Waals surface area contributed by atoms with Gasteiger partial charge in [0.05, 0.1) is 19.4 Å². The molecule has 0 spiro atoms. The molecule has 19 heavy (non-hydrogen) atoms. The molecule has 0 aliphatic heterocycles. The lowest BCUT2D eigenvalue weighted by Crippen LogP contribution is -2.20. The lowest BCUT2D eigenvalue weighted by atomic mass is 10.2. The van der Waals surface area contributed by atoms with Crippen LogP contribution in [0.1, 0.15) is 11.4 Å². The van der Waals surface area contributed by atoms with E-state index in [1.807, 2.05) is 0 Å². The van der Waals surface area contributed by atoms with Gasteiger partial charge in [0, 0.05) is 6.07 Å². The normalized spacial score (nSPS) is 12.4. The topological polar surface area (TPSA) is 51.6 Å². The van der Waals surface area contributed by atoms with Gasteiger partial charge in [-0.1, -0.05) is 0 Å². The zero-order chi connectivity index (χ0) is 14.8. The molecule has 4 nitrogen and oxygen atoms in total. The fourth-order valence-corrected chi connectivity index (χ4v) is 1.23. The number of aliphatic hydroxyl groups is 1. The highest BCUT2D eigenvalue weighted by Crippen LogP contribution is 2.42. The molecule has 0 saturated carbocycles. The average Bonchev–Trinajstić information content (AvgIpc) is 2.24. The van der Waals surface area contributed by atoms with Crippen LogP contribution in [0.25, 0.3) is 0 Å². The molecule has 0 aromatic carbocycles. The van der Waals surface area contributed by atoms with E-state index in [2.05, 4.69) is 14.5 Å².